The van der Waals surface area contributed by atoms with Gasteiger partial charge in [-0.05, 0) is 53.6 Å². The van der Waals surface area contributed by atoms with Gasteiger partial charge in [0.05, 0.1) is 23.4 Å². The van der Waals surface area contributed by atoms with Gasteiger partial charge in [-0.3, -0.25) is 15.0 Å². The second-order valence-electron chi connectivity index (χ2n) is 7.30. The second-order valence-corrected chi connectivity index (χ2v) is 7.71. The van der Waals surface area contributed by atoms with Gasteiger partial charge in [-0.25, -0.2) is 9.80 Å². The number of amides is 2. The third kappa shape index (κ3) is 4.72. The third-order valence-corrected chi connectivity index (χ3v) is 5.31. The summed E-state index contributed by atoms with van der Waals surface area (Å²) in [6, 6.07) is 18.2. The topological polar surface area (TPSA) is 105 Å². The summed E-state index contributed by atoms with van der Waals surface area (Å²) in [6.07, 6.45) is 1.43. The molecule has 1 saturated heterocycles. The lowest BCUT2D eigenvalue weighted by Crippen LogP contribution is -2.35. The number of rotatable bonds is 7. The molecule has 0 bridgehead atoms. The Kier molecular flexibility index (Phi) is 6.51. The standard InChI is InChI=1S/C25H19ClN2O6/c1-33-21-13-16(11-19-23(29)27-28(24(19)30)18-8-3-2-4-9-18)12-20(26)22(21)34-14-15-6-5-7-17(10-15)25(31)32/h2-13H,14H2,1H3,(H,27,29)(H,31,32). The van der Waals surface area contributed by atoms with E-state index in [-0.39, 0.29) is 28.5 Å². The lowest BCUT2D eigenvalue weighted by molar-refractivity contribution is -0.117. The summed E-state index contributed by atoms with van der Waals surface area (Å²) in [6.45, 7) is 0.0601. The van der Waals surface area contributed by atoms with Crippen LogP contribution < -0.4 is 19.9 Å². The van der Waals surface area contributed by atoms with E-state index in [9.17, 15) is 14.4 Å². The molecule has 2 N–H and O–H groups in total. The van der Waals surface area contributed by atoms with Crippen LogP contribution in [0.1, 0.15) is 21.5 Å². The number of para-hydroxylation sites is 1. The molecule has 4 rings (SSSR count). The van der Waals surface area contributed by atoms with Crippen molar-refractivity contribution in [1.29, 1.82) is 0 Å². The summed E-state index contributed by atoms with van der Waals surface area (Å²) in [5.74, 6) is -1.53. The number of aromatic carboxylic acids is 1. The van der Waals surface area contributed by atoms with Crippen LogP contribution in [-0.2, 0) is 16.2 Å². The maximum atomic E-state index is 12.8. The molecule has 0 aliphatic carbocycles. The van der Waals surface area contributed by atoms with E-state index in [0.717, 1.165) is 0 Å². The average molecular weight is 479 g/mol. The molecule has 172 valence electrons. The van der Waals surface area contributed by atoms with Crippen molar-refractivity contribution in [3.05, 3.63) is 94.0 Å². The van der Waals surface area contributed by atoms with Crippen molar-refractivity contribution in [2.75, 3.05) is 12.1 Å². The Morgan fingerprint density at radius 2 is 1.85 bits per heavy atom. The monoisotopic (exact) mass is 478 g/mol. The number of hydrogen-bond donors (Lipinski definition) is 2. The minimum atomic E-state index is -1.04. The van der Waals surface area contributed by atoms with E-state index >= 15 is 0 Å². The molecule has 1 aliphatic rings. The Morgan fingerprint density at radius 3 is 2.56 bits per heavy atom. The molecule has 1 heterocycles. The number of ether oxygens (including phenoxy) is 2. The molecule has 0 saturated carbocycles. The summed E-state index contributed by atoms with van der Waals surface area (Å²) in [7, 11) is 1.44. The van der Waals surface area contributed by atoms with Crippen molar-refractivity contribution >= 4 is 41.1 Å². The number of anilines is 1. The molecule has 3 aromatic carbocycles. The predicted molar refractivity (Wildman–Crippen MR) is 126 cm³/mol. The fourth-order valence-corrected chi connectivity index (χ4v) is 3.67. The van der Waals surface area contributed by atoms with Gasteiger partial charge in [0.1, 0.15) is 12.2 Å². The molecule has 8 nitrogen and oxygen atoms in total. The fourth-order valence-electron chi connectivity index (χ4n) is 3.40. The highest BCUT2D eigenvalue weighted by Crippen LogP contribution is 2.38. The number of carboxylic acid groups (broad SMARTS) is 1. The molecule has 1 fully saturated rings. The van der Waals surface area contributed by atoms with Crippen LogP contribution in [0.2, 0.25) is 5.02 Å². The van der Waals surface area contributed by atoms with Crippen LogP contribution in [0.3, 0.4) is 0 Å². The molecule has 0 atom stereocenters. The van der Waals surface area contributed by atoms with Crippen LogP contribution in [0.5, 0.6) is 11.5 Å². The summed E-state index contributed by atoms with van der Waals surface area (Å²) < 4.78 is 11.2. The number of methoxy groups -OCH3 is 1. The minimum Gasteiger partial charge on any atom is -0.493 e. The number of hydrogen-bond acceptors (Lipinski definition) is 5. The quantitative estimate of drug-likeness (QED) is 0.391. The summed E-state index contributed by atoms with van der Waals surface area (Å²) in [4.78, 5) is 36.4. The largest absolute Gasteiger partial charge is 0.493 e. The van der Waals surface area contributed by atoms with E-state index in [1.165, 1.54) is 30.3 Å². The van der Waals surface area contributed by atoms with E-state index in [2.05, 4.69) is 5.43 Å². The highest BCUT2D eigenvalue weighted by atomic mass is 35.5. The maximum absolute atomic E-state index is 12.8. The summed E-state index contributed by atoms with van der Waals surface area (Å²) in [5.41, 5.74) is 4.27. The van der Waals surface area contributed by atoms with Crippen molar-refractivity contribution in [3.63, 3.8) is 0 Å². The Bertz CT molecular complexity index is 1310. The van der Waals surface area contributed by atoms with Crippen LogP contribution in [0.4, 0.5) is 5.69 Å². The molecule has 2 amide bonds. The first kappa shape index (κ1) is 22.9. The molecular weight excluding hydrogens is 460 g/mol. The fraction of sp³-hybridized carbons (Fsp3) is 0.0800. The van der Waals surface area contributed by atoms with Crippen LogP contribution in [0.15, 0.2) is 72.3 Å². The molecule has 0 radical (unpaired) electrons. The first-order chi connectivity index (χ1) is 16.4. The maximum Gasteiger partial charge on any atom is 0.335 e. The zero-order valence-electron chi connectivity index (χ0n) is 17.9. The van der Waals surface area contributed by atoms with Crippen molar-refractivity contribution < 1.29 is 29.0 Å². The van der Waals surface area contributed by atoms with Gasteiger partial charge >= 0.3 is 5.97 Å². The lowest BCUT2D eigenvalue weighted by atomic mass is 10.1. The molecular formula is C25H19ClN2O6. The minimum absolute atomic E-state index is 0.0545. The highest BCUT2D eigenvalue weighted by molar-refractivity contribution is 6.33. The molecule has 0 aromatic heterocycles. The molecule has 9 heteroatoms. The number of benzene rings is 3. The van der Waals surface area contributed by atoms with Crippen molar-refractivity contribution in [3.8, 4) is 11.5 Å². The van der Waals surface area contributed by atoms with Gasteiger partial charge in [0.25, 0.3) is 11.8 Å². The normalized spacial score (nSPS) is 14.3. The van der Waals surface area contributed by atoms with E-state index in [0.29, 0.717) is 22.6 Å². The van der Waals surface area contributed by atoms with Gasteiger partial charge in [0.2, 0.25) is 0 Å². The number of carboxylic acids is 1. The van der Waals surface area contributed by atoms with Gasteiger partial charge in [-0.2, -0.15) is 0 Å². The van der Waals surface area contributed by atoms with E-state index in [1.54, 1.807) is 48.5 Å². The average Bonchev–Trinajstić information content (AvgIpc) is 3.12. The number of nitrogens with zero attached hydrogens (tertiary/aromatic N) is 1. The smallest absolute Gasteiger partial charge is 0.335 e. The lowest BCUT2D eigenvalue weighted by Gasteiger charge is -2.14. The van der Waals surface area contributed by atoms with Crippen LogP contribution in [-0.4, -0.2) is 30.0 Å². The van der Waals surface area contributed by atoms with Crippen LogP contribution >= 0.6 is 11.6 Å². The molecule has 1 aliphatic heterocycles. The van der Waals surface area contributed by atoms with Crippen molar-refractivity contribution in [2.24, 2.45) is 0 Å². The van der Waals surface area contributed by atoms with Gasteiger partial charge in [0.15, 0.2) is 11.5 Å². The number of halogens is 1. The first-order valence-corrected chi connectivity index (χ1v) is 10.5. The predicted octanol–water partition coefficient (Wildman–Crippen LogP) is 4.09. The van der Waals surface area contributed by atoms with E-state index in [1.807, 2.05) is 6.07 Å². The molecule has 0 spiro atoms. The summed E-state index contributed by atoms with van der Waals surface area (Å²) >= 11 is 6.42. The SMILES string of the molecule is COc1cc(C=C2C(=O)NN(c3ccccc3)C2=O)cc(Cl)c1OCc1cccc(C(=O)O)c1. The van der Waals surface area contributed by atoms with Gasteiger partial charge < -0.3 is 14.6 Å². The summed E-state index contributed by atoms with van der Waals surface area (Å²) in [5, 5.41) is 10.5. The zero-order chi connectivity index (χ0) is 24.2. The van der Waals surface area contributed by atoms with Gasteiger partial charge in [-0.1, -0.05) is 41.9 Å². The number of nitrogens with one attached hydrogen (secondary N) is 1. The zero-order valence-corrected chi connectivity index (χ0v) is 18.7. The van der Waals surface area contributed by atoms with Crippen LogP contribution in [0, 0.1) is 0 Å². The van der Waals surface area contributed by atoms with Crippen molar-refractivity contribution in [1.82, 2.24) is 5.43 Å². The van der Waals surface area contributed by atoms with Crippen molar-refractivity contribution in [2.45, 2.75) is 6.61 Å². The molecule has 0 unspecified atom stereocenters. The Balaban J connectivity index is 1.58. The number of carbonyl (C=O) groups excluding carboxylic acids is 2. The Morgan fingerprint density at radius 1 is 1.09 bits per heavy atom. The third-order valence-electron chi connectivity index (χ3n) is 5.03. The number of carbonyl (C=O) groups is 3. The van der Waals surface area contributed by atoms with E-state index < -0.39 is 17.8 Å². The van der Waals surface area contributed by atoms with Crippen LogP contribution in [0.25, 0.3) is 6.08 Å². The second kappa shape index (κ2) is 9.68. The Hall–Kier alpha value is -4.30. The number of hydrazine groups is 1. The highest BCUT2D eigenvalue weighted by Gasteiger charge is 2.34. The first-order valence-electron chi connectivity index (χ1n) is 10.1. The molecule has 34 heavy (non-hydrogen) atoms. The molecule has 3 aromatic rings. The Labute approximate surface area is 199 Å². The van der Waals surface area contributed by atoms with E-state index in [4.69, 9.17) is 26.2 Å². The van der Waals surface area contributed by atoms with Gasteiger partial charge in [0, 0.05) is 0 Å². The van der Waals surface area contributed by atoms with Gasteiger partial charge in [-0.15, -0.1) is 0 Å².